The van der Waals surface area contributed by atoms with Crippen molar-refractivity contribution in [3.63, 3.8) is 0 Å². The molecule has 0 radical (unpaired) electrons. The minimum absolute atomic E-state index is 0.0579. The average molecular weight is 2000 g/mol. The van der Waals surface area contributed by atoms with Gasteiger partial charge in [-0.3, -0.25) is 42.3 Å². The number of oxazole rings is 1. The SMILES string of the molecule is CN1Cc2c(n(-c3ccc(NC(=O)NS(=O)(=O)c4ccc(Cl)s4)cc3)c(=O)c3ccccc23)C1.O=C(Nc1ccc(-n2c3c(c4ccccc4c2=O)CNC3)cc1)NS(=O)(=O)c1ccc(Cl)s1.O=C(Nc1ccc(-n2cc(-c3ccccc3)ccc2=O)cc1)NS(=O)(=O)c1ccc(Cl)s1.O=C(Nc1ccc(-n2ccc3cc4ncoc4cc3c2=O)cc1)NS(=O)(=O)c1ccc(Cl)s1. The highest BCUT2D eigenvalue weighted by atomic mass is 35.5. The van der Waals surface area contributed by atoms with Crippen molar-refractivity contribution in [3.8, 4) is 33.9 Å². The van der Waals surface area contributed by atoms with Gasteiger partial charge in [0, 0.05) is 112 Å². The fraction of sp³-hybridized carbons (Fsp3) is 0.0568. The summed E-state index contributed by atoms with van der Waals surface area (Å²) in [5.41, 5.74) is 10.3. The van der Waals surface area contributed by atoms with E-state index < -0.39 is 64.2 Å². The van der Waals surface area contributed by atoms with Crippen LogP contribution in [-0.4, -0.2) is 93.0 Å². The summed E-state index contributed by atoms with van der Waals surface area (Å²) >= 11 is 26.5. The maximum absolute atomic E-state index is 13.3. The van der Waals surface area contributed by atoms with Crippen LogP contribution in [-0.2, 0) is 66.3 Å². The summed E-state index contributed by atoms with van der Waals surface area (Å²) < 4.78 is 118. The number of anilines is 4. The first-order valence-corrected chi connectivity index (χ1v) is 49.5. The molecular formula is C88H65Cl4N15O17S8. The van der Waals surface area contributed by atoms with Crippen LogP contribution >= 0.6 is 91.8 Å². The Bertz CT molecular complexity index is 8180. The van der Waals surface area contributed by atoms with Gasteiger partial charge in [0.2, 0.25) is 0 Å². The highest BCUT2D eigenvalue weighted by Crippen LogP contribution is 2.35. The zero-order valence-electron chi connectivity index (χ0n) is 67.7. The number of hydrogen-bond donors (Lipinski definition) is 9. The fourth-order valence-corrected chi connectivity index (χ4v) is 23.8. The molecule has 0 atom stereocenters. The number of halogens is 4. The molecule has 0 saturated carbocycles. The van der Waals surface area contributed by atoms with Gasteiger partial charge in [-0.1, -0.05) is 113 Å². The maximum atomic E-state index is 13.3. The summed E-state index contributed by atoms with van der Waals surface area (Å²) in [6, 6.07) is 66.8. The number of carbonyl (C=O) groups excluding carboxylic acids is 4. The molecule has 8 amide bonds. The third kappa shape index (κ3) is 20.7. The van der Waals surface area contributed by atoms with Gasteiger partial charge in [0.1, 0.15) is 22.4 Å². The first-order chi connectivity index (χ1) is 63.2. The van der Waals surface area contributed by atoms with Crippen LogP contribution in [0.5, 0.6) is 0 Å². The van der Waals surface area contributed by atoms with E-state index >= 15 is 0 Å². The van der Waals surface area contributed by atoms with Gasteiger partial charge in [0.25, 0.3) is 62.3 Å². The van der Waals surface area contributed by atoms with Crippen molar-refractivity contribution < 1.29 is 57.3 Å². The molecular weight excluding hydrogens is 1940 g/mol. The molecule has 0 unspecified atom stereocenters. The van der Waals surface area contributed by atoms with Crippen LogP contribution in [0.3, 0.4) is 0 Å². The van der Waals surface area contributed by atoms with Crippen molar-refractivity contribution in [2.45, 2.75) is 43.0 Å². The van der Waals surface area contributed by atoms with Crippen molar-refractivity contribution in [2.75, 3.05) is 28.3 Å². The van der Waals surface area contributed by atoms with Gasteiger partial charge < -0.3 is 31.0 Å². The van der Waals surface area contributed by atoms with E-state index in [1.165, 1.54) is 70.1 Å². The molecule has 0 bridgehead atoms. The minimum atomic E-state index is -4.03. The van der Waals surface area contributed by atoms with E-state index in [2.05, 4.69) is 36.5 Å². The molecule has 8 aromatic carbocycles. The molecule has 2 aliphatic rings. The maximum Gasteiger partial charge on any atom is 0.333 e. The van der Waals surface area contributed by atoms with E-state index in [-0.39, 0.29) is 39.1 Å². The first-order valence-electron chi connectivity index (χ1n) is 38.8. The first kappa shape index (κ1) is 91.9. The van der Waals surface area contributed by atoms with Crippen LogP contribution in [0.4, 0.5) is 41.9 Å². The lowest BCUT2D eigenvalue weighted by Gasteiger charge is -2.15. The highest BCUT2D eigenvalue weighted by molar-refractivity contribution is 7.93. The Morgan fingerprint density at radius 2 is 0.780 bits per heavy atom. The van der Waals surface area contributed by atoms with Crippen LogP contribution in [0.15, 0.2) is 314 Å². The molecule has 32 nitrogen and oxygen atoms in total. The zero-order chi connectivity index (χ0) is 93.1. The Balaban J connectivity index is 0.000000128. The molecule has 11 heterocycles. The van der Waals surface area contributed by atoms with Crippen LogP contribution in [0, 0.1) is 0 Å². The summed E-state index contributed by atoms with van der Waals surface area (Å²) in [4.78, 5) is 107. The predicted molar refractivity (Wildman–Crippen MR) is 514 cm³/mol. The second kappa shape index (κ2) is 38.6. The molecule has 2 aliphatic heterocycles. The van der Waals surface area contributed by atoms with Crippen LogP contribution in [0.25, 0.3) is 77.3 Å². The molecule has 44 heteroatoms. The molecule has 0 spiro atoms. The molecule has 0 saturated heterocycles. The third-order valence-electron chi connectivity index (χ3n) is 20.2. The monoisotopic (exact) mass is 2000 g/mol. The van der Waals surface area contributed by atoms with Crippen LogP contribution < -0.4 is 67.7 Å². The van der Waals surface area contributed by atoms with Gasteiger partial charge in [-0.2, -0.15) is 0 Å². The number of urea groups is 4. The van der Waals surface area contributed by atoms with Gasteiger partial charge in [0.15, 0.2) is 12.0 Å². The summed E-state index contributed by atoms with van der Waals surface area (Å²) in [7, 11) is -14.1. The Kier molecular flexibility index (Phi) is 26.8. The molecule has 132 heavy (non-hydrogen) atoms. The van der Waals surface area contributed by atoms with Gasteiger partial charge >= 0.3 is 24.1 Å². The Morgan fingerprint density at radius 3 is 1.20 bits per heavy atom. The smallest absolute Gasteiger partial charge is 0.333 e. The van der Waals surface area contributed by atoms with Crippen molar-refractivity contribution in [1.29, 1.82) is 0 Å². The average Bonchev–Trinajstić information content (AvgIpc) is 1.49. The molecule has 19 rings (SSSR count). The number of sulfonamides is 4. The number of nitrogens with zero attached hydrogens (tertiary/aromatic N) is 6. The Hall–Kier alpha value is -13.4. The van der Waals surface area contributed by atoms with Gasteiger partial charge in [-0.05, 0) is 227 Å². The van der Waals surface area contributed by atoms with E-state index in [0.29, 0.717) is 110 Å². The molecule has 0 fully saturated rings. The summed E-state index contributed by atoms with van der Waals surface area (Å²) in [6.45, 7) is 2.64. The van der Waals surface area contributed by atoms with Crippen molar-refractivity contribution in [2.24, 2.45) is 0 Å². The van der Waals surface area contributed by atoms with Gasteiger partial charge in [0.05, 0.1) is 22.7 Å². The lowest BCUT2D eigenvalue weighted by atomic mass is 10.0. The number of hydrogen-bond acceptors (Lipinski definition) is 24. The topological polar surface area (TPSA) is 430 Å². The number of fused-ring (bicyclic) bond motifs is 8. The van der Waals surface area contributed by atoms with E-state index in [0.717, 1.165) is 102 Å². The summed E-state index contributed by atoms with van der Waals surface area (Å²) in [6.07, 6.45) is 4.71. The van der Waals surface area contributed by atoms with Crippen LogP contribution in [0.2, 0.25) is 17.3 Å². The highest BCUT2D eigenvalue weighted by Gasteiger charge is 2.29. The van der Waals surface area contributed by atoms with Gasteiger partial charge in [-0.15, -0.1) is 45.3 Å². The number of amides is 8. The number of thiophene rings is 4. The van der Waals surface area contributed by atoms with E-state index in [1.54, 1.807) is 143 Å². The van der Waals surface area contributed by atoms with E-state index in [9.17, 15) is 72.0 Å². The fourth-order valence-electron chi connectivity index (χ4n) is 14.3. The van der Waals surface area contributed by atoms with Crippen molar-refractivity contribution >= 4 is 222 Å². The lowest BCUT2D eigenvalue weighted by Crippen LogP contribution is -2.34. The standard InChI is InChI=1S/C23H19ClN4O4S2.C22H17ClN4O4S2.C22H16ClN3O4S2.C21H13ClN4O5S2/c1-27-12-18-16-4-2-3-5-17(16)22(29)28(19(18)13-27)15-8-6-14(7-9-15)25-23(30)26-34(31,32)21-11-10-20(24)33-21;23-19-9-10-20(32-19)33(30,31)26-22(29)25-13-5-7-14(8-6-13)27-18-12-24-11-17(18)15-3-1-2-4-16(15)21(27)28;23-19-11-13-21(31-19)32(29,30)25-22(28)24-17-7-9-18(10-8-17)26-14-16(6-12-20(26)27)15-4-2-1-3-5-15;22-18-5-6-19(32-18)33(29,30)25-21(28)24-13-1-3-14(4-2-13)26-8-7-12-9-16-17(31-11-23-16)10-15(12)20(26)27/h2-11H,12-13H2,1H3,(H2,25,26,30);1-10,24H,11-12H2,(H2,25,26,29);1-14H,(H2,24,25,28);1-11H,(H2,24,25,28). The Morgan fingerprint density at radius 1 is 0.386 bits per heavy atom. The molecule has 9 aromatic heterocycles. The molecule has 0 aliphatic carbocycles. The summed E-state index contributed by atoms with van der Waals surface area (Å²) in [5, 5.41) is 17.6. The second-order valence-electron chi connectivity index (χ2n) is 28.9. The normalized spacial score (nSPS) is 12.4. The number of pyridine rings is 4. The number of rotatable bonds is 17. The number of carbonyl (C=O) groups is 4. The van der Waals surface area contributed by atoms with Crippen molar-refractivity contribution in [3.05, 3.63) is 355 Å². The van der Waals surface area contributed by atoms with E-state index in [4.69, 9.17) is 50.8 Å². The number of nitrogens with one attached hydrogen (secondary N) is 9. The van der Waals surface area contributed by atoms with Crippen molar-refractivity contribution in [1.82, 2.24) is 52.4 Å². The predicted octanol–water partition coefficient (Wildman–Crippen LogP) is 17.1. The third-order valence-corrected chi connectivity index (χ3v) is 32.4. The molecule has 17 aromatic rings. The summed E-state index contributed by atoms with van der Waals surface area (Å²) in [5.74, 6) is 0. The largest absolute Gasteiger partial charge is 0.443 e. The lowest BCUT2D eigenvalue weighted by molar-refractivity contribution is 0.255. The molecule has 670 valence electrons. The number of aromatic nitrogens is 5. The zero-order valence-corrected chi connectivity index (χ0v) is 77.3. The Labute approximate surface area is 785 Å². The number of benzene rings is 8. The minimum Gasteiger partial charge on any atom is -0.443 e. The quantitative estimate of drug-likeness (QED) is 0.0409. The van der Waals surface area contributed by atoms with Gasteiger partial charge in [-0.25, -0.2) is 76.7 Å². The molecule has 9 N–H and O–H groups in total. The second-order valence-corrected chi connectivity index (χ2v) is 43.4. The van der Waals surface area contributed by atoms with Crippen LogP contribution in [0.1, 0.15) is 22.5 Å². The van der Waals surface area contributed by atoms with E-state index in [1.807, 2.05) is 105 Å².